The normalized spacial score (nSPS) is 12.8. The maximum atomic E-state index is 13.1. The molecule has 0 bridgehead atoms. The van der Waals surface area contributed by atoms with E-state index >= 15 is 0 Å². The highest BCUT2D eigenvalue weighted by atomic mass is 19.1. The number of hydrogen-bond donors (Lipinski definition) is 5. The van der Waals surface area contributed by atoms with Gasteiger partial charge < -0.3 is 20.6 Å². The van der Waals surface area contributed by atoms with E-state index in [1.54, 1.807) is 0 Å². The van der Waals surface area contributed by atoms with E-state index in [-0.39, 0.29) is 25.0 Å². The van der Waals surface area contributed by atoms with E-state index in [0.29, 0.717) is 12.0 Å². The van der Waals surface area contributed by atoms with Gasteiger partial charge in [0.1, 0.15) is 5.82 Å². The number of aromatic nitrogens is 2. The summed E-state index contributed by atoms with van der Waals surface area (Å²) in [6.45, 7) is 1.84. The highest BCUT2D eigenvalue weighted by molar-refractivity contribution is 5.95. The van der Waals surface area contributed by atoms with Gasteiger partial charge in [-0.3, -0.25) is 10.1 Å². The molecule has 1 amide bonds. The summed E-state index contributed by atoms with van der Waals surface area (Å²) >= 11 is 0. The summed E-state index contributed by atoms with van der Waals surface area (Å²) in [7, 11) is 0. The van der Waals surface area contributed by atoms with Crippen LogP contribution in [0.2, 0.25) is 0 Å². The Kier molecular flexibility index (Phi) is 7.69. The number of aliphatic hydroxyl groups is 1. The number of nitrogens with one attached hydrogen (secondary N) is 2. The minimum absolute atomic E-state index is 0.0605. The molecular weight excluding hydrogens is 415 g/mol. The molecule has 32 heavy (non-hydrogen) atoms. The number of aliphatic hydroxyl groups excluding tert-OH is 1. The van der Waals surface area contributed by atoms with Crippen LogP contribution in [0.3, 0.4) is 0 Å². The summed E-state index contributed by atoms with van der Waals surface area (Å²) in [6, 6.07) is 13.8. The summed E-state index contributed by atoms with van der Waals surface area (Å²) in [5, 5.41) is 35.8. The molecule has 0 aliphatic rings. The zero-order valence-corrected chi connectivity index (χ0v) is 17.5. The number of nitrogens with zero attached hydrogens (tertiary/aromatic N) is 2. The molecule has 0 saturated heterocycles. The standard InChI is InChI=1S/C23H25FN4O4/c1-2-17(13-29)26-18(15-6-4-3-5-7-15)21-27-19(20(30)23(32)28-21)22(31)25-12-14-8-10-16(24)11-9-14/h3-11,17-18,26,29-30H,2,12-13H2,1H3,(H,25,31)(H,27,28,32)/t17-,18?/m1/s1. The quantitative estimate of drug-likeness (QED) is 0.346. The van der Waals surface area contributed by atoms with Crippen molar-refractivity contribution in [2.75, 3.05) is 6.61 Å². The van der Waals surface area contributed by atoms with Gasteiger partial charge in [-0.15, -0.1) is 0 Å². The van der Waals surface area contributed by atoms with Crippen molar-refractivity contribution in [2.24, 2.45) is 0 Å². The van der Waals surface area contributed by atoms with Crippen LogP contribution in [0.25, 0.3) is 0 Å². The second-order valence-electron chi connectivity index (χ2n) is 7.21. The lowest BCUT2D eigenvalue weighted by molar-refractivity contribution is 0.0941. The van der Waals surface area contributed by atoms with Gasteiger partial charge in [-0.05, 0) is 29.7 Å². The summed E-state index contributed by atoms with van der Waals surface area (Å²) < 4.78 is 13.1. The monoisotopic (exact) mass is 440 g/mol. The molecular formula is C23H25FN4O4. The first-order valence-electron chi connectivity index (χ1n) is 10.2. The Morgan fingerprint density at radius 2 is 1.75 bits per heavy atom. The molecule has 0 fully saturated rings. The van der Waals surface area contributed by atoms with Crippen LogP contribution in [-0.2, 0) is 6.54 Å². The molecule has 3 rings (SSSR count). The molecule has 0 radical (unpaired) electrons. The second-order valence-corrected chi connectivity index (χ2v) is 7.21. The minimum Gasteiger partial charge on any atom is -0.501 e. The first kappa shape index (κ1) is 23.1. The van der Waals surface area contributed by atoms with Crippen LogP contribution < -0.4 is 10.6 Å². The van der Waals surface area contributed by atoms with Crippen molar-refractivity contribution in [3.05, 3.63) is 83.1 Å². The van der Waals surface area contributed by atoms with Crippen LogP contribution in [-0.4, -0.2) is 43.8 Å². The summed E-state index contributed by atoms with van der Waals surface area (Å²) in [5.41, 5.74) is 1.01. The maximum Gasteiger partial charge on any atom is 0.274 e. The molecule has 1 aromatic heterocycles. The van der Waals surface area contributed by atoms with E-state index < -0.39 is 35.1 Å². The fraction of sp³-hybridized carbons (Fsp3) is 0.261. The molecule has 1 unspecified atom stereocenters. The zero-order chi connectivity index (χ0) is 23.1. The Hall–Kier alpha value is -3.56. The molecule has 0 aliphatic carbocycles. The minimum atomic E-state index is -0.744. The lowest BCUT2D eigenvalue weighted by Crippen LogP contribution is -2.37. The van der Waals surface area contributed by atoms with Crippen LogP contribution in [0.5, 0.6) is 11.6 Å². The summed E-state index contributed by atoms with van der Waals surface area (Å²) in [4.78, 5) is 20.9. The van der Waals surface area contributed by atoms with Crippen LogP contribution in [0.15, 0.2) is 54.6 Å². The second kappa shape index (κ2) is 10.7. The van der Waals surface area contributed by atoms with Gasteiger partial charge in [0.2, 0.25) is 5.75 Å². The highest BCUT2D eigenvalue weighted by Gasteiger charge is 2.26. The van der Waals surface area contributed by atoms with Gasteiger partial charge in [0.25, 0.3) is 11.8 Å². The summed E-state index contributed by atoms with van der Waals surface area (Å²) in [6.07, 6.45) is 0.620. The molecule has 8 nitrogen and oxygen atoms in total. The Bertz CT molecular complexity index is 1040. The smallest absolute Gasteiger partial charge is 0.274 e. The molecule has 9 heteroatoms. The molecule has 1 heterocycles. The molecule has 3 aromatic rings. The third kappa shape index (κ3) is 5.57. The van der Waals surface area contributed by atoms with Gasteiger partial charge in [0.15, 0.2) is 11.5 Å². The number of aromatic hydroxyl groups is 2. The number of hydrogen-bond acceptors (Lipinski definition) is 7. The van der Waals surface area contributed by atoms with Crippen molar-refractivity contribution >= 4 is 5.91 Å². The van der Waals surface area contributed by atoms with E-state index in [1.165, 1.54) is 24.3 Å². The number of amides is 1. The number of benzene rings is 2. The topological polar surface area (TPSA) is 128 Å². The van der Waals surface area contributed by atoms with Crippen LogP contribution in [0, 0.1) is 5.82 Å². The van der Waals surface area contributed by atoms with Gasteiger partial charge in [-0.2, -0.15) is 4.98 Å². The van der Waals surface area contributed by atoms with Crippen molar-refractivity contribution in [2.45, 2.75) is 32.0 Å². The Balaban J connectivity index is 1.91. The van der Waals surface area contributed by atoms with Crippen LogP contribution in [0.1, 0.15) is 46.8 Å². The van der Waals surface area contributed by atoms with E-state index in [0.717, 1.165) is 5.56 Å². The van der Waals surface area contributed by atoms with Gasteiger partial charge in [-0.1, -0.05) is 49.4 Å². The zero-order valence-electron chi connectivity index (χ0n) is 17.5. The Labute approximate surface area is 184 Å². The maximum absolute atomic E-state index is 13.1. The van der Waals surface area contributed by atoms with Crippen LogP contribution in [0.4, 0.5) is 4.39 Å². The average Bonchev–Trinajstić information content (AvgIpc) is 2.81. The number of carbonyl (C=O) groups excluding carboxylic acids is 1. The van der Waals surface area contributed by atoms with Crippen molar-refractivity contribution in [3.63, 3.8) is 0 Å². The van der Waals surface area contributed by atoms with Gasteiger partial charge in [0, 0.05) is 12.6 Å². The number of carbonyl (C=O) groups is 1. The summed E-state index contributed by atoms with van der Waals surface area (Å²) in [5.74, 6) is -2.54. The molecule has 0 spiro atoms. The van der Waals surface area contributed by atoms with Gasteiger partial charge in [0.05, 0.1) is 12.6 Å². The van der Waals surface area contributed by atoms with Crippen molar-refractivity contribution < 1.29 is 24.5 Å². The van der Waals surface area contributed by atoms with Gasteiger partial charge >= 0.3 is 0 Å². The third-order valence-corrected chi connectivity index (χ3v) is 4.97. The van der Waals surface area contributed by atoms with Crippen molar-refractivity contribution in [1.82, 2.24) is 20.6 Å². The first-order valence-corrected chi connectivity index (χ1v) is 10.2. The molecule has 0 saturated carbocycles. The number of halogens is 1. The third-order valence-electron chi connectivity index (χ3n) is 4.97. The van der Waals surface area contributed by atoms with Crippen molar-refractivity contribution in [1.29, 1.82) is 0 Å². The van der Waals surface area contributed by atoms with Crippen LogP contribution >= 0.6 is 0 Å². The van der Waals surface area contributed by atoms with Gasteiger partial charge in [-0.25, -0.2) is 9.37 Å². The molecule has 0 aliphatic heterocycles. The fourth-order valence-corrected chi connectivity index (χ4v) is 3.12. The first-order chi connectivity index (χ1) is 15.4. The van der Waals surface area contributed by atoms with Crippen molar-refractivity contribution in [3.8, 4) is 11.6 Å². The largest absolute Gasteiger partial charge is 0.501 e. The fourth-order valence-electron chi connectivity index (χ4n) is 3.12. The Morgan fingerprint density at radius 3 is 2.38 bits per heavy atom. The average molecular weight is 440 g/mol. The lowest BCUT2D eigenvalue weighted by Gasteiger charge is -2.24. The Morgan fingerprint density at radius 1 is 1.06 bits per heavy atom. The predicted octanol–water partition coefficient (Wildman–Crippen LogP) is 2.41. The van der Waals surface area contributed by atoms with E-state index in [2.05, 4.69) is 20.6 Å². The SMILES string of the molecule is CC[C@H](CO)NC(c1ccccc1)c1nc(O)c(O)c(C(=O)NCc2ccc(F)cc2)n1. The van der Waals surface area contributed by atoms with E-state index in [1.807, 2.05) is 37.3 Å². The highest BCUT2D eigenvalue weighted by Crippen LogP contribution is 2.29. The van der Waals surface area contributed by atoms with E-state index in [9.17, 15) is 24.5 Å². The molecule has 168 valence electrons. The molecule has 5 N–H and O–H groups in total. The molecule has 2 aromatic carbocycles. The lowest BCUT2D eigenvalue weighted by atomic mass is 10.0. The predicted molar refractivity (Wildman–Crippen MR) is 116 cm³/mol. The molecule has 2 atom stereocenters. The number of rotatable bonds is 9. The van der Waals surface area contributed by atoms with E-state index in [4.69, 9.17) is 0 Å².